The molecule has 0 saturated carbocycles. The SMILES string of the molecule is CCCOCn1c(C)nc2cc(C(C)N3CC[C@H](Cc4cc(C)nc(OC)c4)C3)cnc21. The van der Waals surface area contributed by atoms with Gasteiger partial charge in [-0.25, -0.2) is 15.0 Å². The van der Waals surface area contributed by atoms with Gasteiger partial charge in [-0.05, 0) is 75.8 Å². The number of likely N-dealkylation sites (tertiary alicyclic amines) is 1. The zero-order valence-corrected chi connectivity index (χ0v) is 20.0. The van der Waals surface area contributed by atoms with Gasteiger partial charge in [-0.2, -0.15) is 0 Å². The van der Waals surface area contributed by atoms with Crippen molar-refractivity contribution in [2.24, 2.45) is 5.92 Å². The zero-order valence-electron chi connectivity index (χ0n) is 20.0. The Labute approximate surface area is 190 Å². The third-order valence-corrected chi connectivity index (χ3v) is 6.44. The van der Waals surface area contributed by atoms with Crippen LogP contribution in [0.5, 0.6) is 5.88 Å². The van der Waals surface area contributed by atoms with Gasteiger partial charge in [0.25, 0.3) is 0 Å². The molecule has 0 spiro atoms. The number of ether oxygens (including phenoxy) is 2. The van der Waals surface area contributed by atoms with Crippen molar-refractivity contribution < 1.29 is 9.47 Å². The lowest BCUT2D eigenvalue weighted by molar-refractivity contribution is 0.0784. The second-order valence-electron chi connectivity index (χ2n) is 8.92. The van der Waals surface area contributed by atoms with Crippen LogP contribution in [0.3, 0.4) is 0 Å². The van der Waals surface area contributed by atoms with Gasteiger partial charge >= 0.3 is 0 Å². The highest BCUT2D eigenvalue weighted by Gasteiger charge is 2.27. The molecule has 0 radical (unpaired) electrons. The van der Waals surface area contributed by atoms with Crippen molar-refractivity contribution >= 4 is 11.2 Å². The van der Waals surface area contributed by atoms with Gasteiger partial charge < -0.3 is 9.47 Å². The second kappa shape index (κ2) is 9.96. The number of hydrogen-bond acceptors (Lipinski definition) is 6. The van der Waals surface area contributed by atoms with Crippen LogP contribution in [0.25, 0.3) is 11.2 Å². The maximum Gasteiger partial charge on any atom is 0.213 e. The van der Waals surface area contributed by atoms with Crippen LogP contribution in [-0.4, -0.2) is 51.2 Å². The number of aromatic nitrogens is 4. The summed E-state index contributed by atoms with van der Waals surface area (Å²) in [7, 11) is 1.68. The predicted molar refractivity (Wildman–Crippen MR) is 126 cm³/mol. The molecule has 1 unspecified atom stereocenters. The molecule has 0 bridgehead atoms. The Hall–Kier alpha value is -2.51. The van der Waals surface area contributed by atoms with E-state index in [0.29, 0.717) is 24.6 Å². The van der Waals surface area contributed by atoms with Crippen LogP contribution < -0.4 is 4.74 Å². The molecule has 4 rings (SSSR count). The van der Waals surface area contributed by atoms with Crippen molar-refractivity contribution in [2.45, 2.75) is 59.7 Å². The number of hydrogen-bond donors (Lipinski definition) is 0. The second-order valence-corrected chi connectivity index (χ2v) is 8.92. The lowest BCUT2D eigenvalue weighted by atomic mass is 9.99. The molecule has 1 aliphatic heterocycles. The maximum atomic E-state index is 5.72. The topological polar surface area (TPSA) is 65.3 Å². The summed E-state index contributed by atoms with van der Waals surface area (Å²) in [5.74, 6) is 2.29. The number of aryl methyl sites for hydroxylation is 2. The normalized spacial score (nSPS) is 17.8. The van der Waals surface area contributed by atoms with E-state index in [9.17, 15) is 0 Å². The summed E-state index contributed by atoms with van der Waals surface area (Å²) in [5.41, 5.74) is 5.39. The van der Waals surface area contributed by atoms with Crippen LogP contribution in [0, 0.1) is 19.8 Å². The molecule has 7 nitrogen and oxygen atoms in total. The van der Waals surface area contributed by atoms with Crippen LogP contribution in [-0.2, 0) is 17.9 Å². The molecular formula is C25H35N5O2. The van der Waals surface area contributed by atoms with E-state index < -0.39 is 0 Å². The van der Waals surface area contributed by atoms with Gasteiger partial charge in [-0.15, -0.1) is 0 Å². The average Bonchev–Trinajstić information content (AvgIpc) is 3.36. The first-order chi connectivity index (χ1) is 15.5. The molecule has 0 aliphatic carbocycles. The van der Waals surface area contributed by atoms with Crippen molar-refractivity contribution in [3.63, 3.8) is 0 Å². The van der Waals surface area contributed by atoms with E-state index in [1.807, 2.05) is 20.0 Å². The monoisotopic (exact) mass is 437 g/mol. The third-order valence-electron chi connectivity index (χ3n) is 6.44. The summed E-state index contributed by atoms with van der Waals surface area (Å²) < 4.78 is 13.1. The van der Waals surface area contributed by atoms with E-state index in [-0.39, 0.29) is 0 Å². The number of pyridine rings is 2. The maximum absolute atomic E-state index is 5.72. The fourth-order valence-corrected chi connectivity index (χ4v) is 4.68. The largest absolute Gasteiger partial charge is 0.481 e. The number of nitrogens with zero attached hydrogens (tertiary/aromatic N) is 5. The van der Waals surface area contributed by atoms with Gasteiger partial charge in [0, 0.05) is 37.2 Å². The van der Waals surface area contributed by atoms with Gasteiger partial charge in [0.05, 0.1) is 7.11 Å². The number of rotatable bonds is 9. The molecule has 2 atom stereocenters. The molecule has 32 heavy (non-hydrogen) atoms. The molecule has 172 valence electrons. The van der Waals surface area contributed by atoms with Crippen molar-refractivity contribution in [2.75, 3.05) is 26.8 Å². The molecular weight excluding hydrogens is 402 g/mol. The fourth-order valence-electron chi connectivity index (χ4n) is 4.68. The first-order valence-electron chi connectivity index (χ1n) is 11.6. The Bertz CT molecular complexity index is 1060. The Morgan fingerprint density at radius 3 is 2.81 bits per heavy atom. The summed E-state index contributed by atoms with van der Waals surface area (Å²) in [4.78, 5) is 16.5. The summed E-state index contributed by atoms with van der Waals surface area (Å²) in [6.07, 6.45) is 5.27. The molecule has 0 N–H and O–H groups in total. The number of methoxy groups -OCH3 is 1. The van der Waals surface area contributed by atoms with Crippen LogP contribution in [0.15, 0.2) is 24.4 Å². The summed E-state index contributed by atoms with van der Waals surface area (Å²) >= 11 is 0. The van der Waals surface area contributed by atoms with Crippen molar-refractivity contribution in [1.82, 2.24) is 24.4 Å². The summed E-state index contributed by atoms with van der Waals surface area (Å²) in [6.45, 7) is 11.9. The Balaban J connectivity index is 1.43. The van der Waals surface area contributed by atoms with Crippen molar-refractivity contribution in [1.29, 1.82) is 0 Å². The molecule has 1 fully saturated rings. The van der Waals surface area contributed by atoms with Crippen LogP contribution in [0.2, 0.25) is 0 Å². The first-order valence-corrected chi connectivity index (χ1v) is 11.6. The quantitative estimate of drug-likeness (QED) is 0.461. The van der Waals surface area contributed by atoms with Crippen LogP contribution in [0.4, 0.5) is 0 Å². The molecule has 1 aliphatic rings. The Morgan fingerprint density at radius 1 is 1.19 bits per heavy atom. The molecule has 1 saturated heterocycles. The van der Waals surface area contributed by atoms with Crippen molar-refractivity contribution in [3.8, 4) is 5.88 Å². The van der Waals surface area contributed by atoms with E-state index in [1.165, 1.54) is 17.5 Å². The van der Waals surface area contributed by atoms with Crippen LogP contribution >= 0.6 is 0 Å². The van der Waals surface area contributed by atoms with Gasteiger partial charge in [-0.3, -0.25) is 9.47 Å². The molecule has 3 aromatic rings. The minimum atomic E-state index is 0.312. The van der Waals surface area contributed by atoms with Gasteiger partial charge in [0.15, 0.2) is 5.65 Å². The Morgan fingerprint density at radius 2 is 2.03 bits per heavy atom. The standard InChI is InChI=1S/C25H35N5O2/c1-6-9-32-16-30-19(4)28-23-13-22(14-26-25(23)30)18(3)29-8-7-20(15-29)11-21-10-17(2)27-24(12-21)31-5/h10,12-14,18,20H,6-9,11,15-16H2,1-5H3/t18?,20-/m1/s1. The van der Waals surface area contributed by atoms with Gasteiger partial charge in [0.2, 0.25) is 5.88 Å². The predicted octanol–water partition coefficient (Wildman–Crippen LogP) is 4.46. The highest BCUT2D eigenvalue weighted by atomic mass is 16.5. The molecule has 0 amide bonds. The minimum absolute atomic E-state index is 0.312. The van der Waals surface area contributed by atoms with Crippen LogP contribution in [0.1, 0.15) is 55.4 Å². The van der Waals surface area contributed by atoms with E-state index in [2.05, 4.69) is 46.5 Å². The van der Waals surface area contributed by atoms with E-state index in [4.69, 9.17) is 19.4 Å². The number of imidazole rings is 1. The third kappa shape index (κ3) is 4.94. The molecule has 4 heterocycles. The zero-order chi connectivity index (χ0) is 22.7. The molecule has 0 aromatic carbocycles. The lowest BCUT2D eigenvalue weighted by Crippen LogP contribution is -2.25. The lowest BCUT2D eigenvalue weighted by Gasteiger charge is -2.24. The highest BCUT2D eigenvalue weighted by Crippen LogP contribution is 2.30. The van der Waals surface area contributed by atoms with Crippen molar-refractivity contribution in [3.05, 3.63) is 47.0 Å². The smallest absolute Gasteiger partial charge is 0.213 e. The number of fused-ring (bicyclic) bond motifs is 1. The van der Waals surface area contributed by atoms with E-state index in [0.717, 1.165) is 55.2 Å². The first kappa shape index (κ1) is 22.7. The molecule has 7 heteroatoms. The summed E-state index contributed by atoms with van der Waals surface area (Å²) in [5, 5.41) is 0. The van der Waals surface area contributed by atoms with Gasteiger partial charge in [0.1, 0.15) is 18.1 Å². The van der Waals surface area contributed by atoms with E-state index >= 15 is 0 Å². The van der Waals surface area contributed by atoms with E-state index in [1.54, 1.807) is 7.11 Å². The average molecular weight is 438 g/mol. The highest BCUT2D eigenvalue weighted by molar-refractivity contribution is 5.72. The Kier molecular flexibility index (Phi) is 7.06. The van der Waals surface area contributed by atoms with Gasteiger partial charge in [-0.1, -0.05) is 6.92 Å². The fraction of sp³-hybridized carbons (Fsp3) is 0.560. The molecule has 3 aromatic heterocycles. The minimum Gasteiger partial charge on any atom is -0.481 e. The summed E-state index contributed by atoms with van der Waals surface area (Å²) in [6, 6.07) is 6.75.